The van der Waals surface area contributed by atoms with E-state index in [9.17, 15) is 17.9 Å². The fraction of sp³-hybridized carbons (Fsp3) is 0.632. The summed E-state index contributed by atoms with van der Waals surface area (Å²) in [5.41, 5.74) is -0.101. The number of H-pyrrole nitrogens is 1. The van der Waals surface area contributed by atoms with Crippen molar-refractivity contribution in [2.75, 3.05) is 6.26 Å². The number of hydrogen-bond acceptors (Lipinski definition) is 4. The van der Waals surface area contributed by atoms with Crippen molar-refractivity contribution in [1.29, 1.82) is 0 Å². The largest absolute Gasteiger partial charge is 0.388 e. The fourth-order valence-electron chi connectivity index (χ4n) is 5.19. The van der Waals surface area contributed by atoms with Crippen molar-refractivity contribution in [3.63, 3.8) is 0 Å². The van der Waals surface area contributed by atoms with Crippen LogP contribution >= 0.6 is 11.6 Å². The van der Waals surface area contributed by atoms with E-state index in [1.807, 2.05) is 13.8 Å². The first-order valence-corrected chi connectivity index (χ1v) is 11.7. The summed E-state index contributed by atoms with van der Waals surface area (Å²) < 4.78 is 40.9. The highest BCUT2D eigenvalue weighted by molar-refractivity contribution is 7.88. The molecule has 28 heavy (non-hydrogen) atoms. The first-order chi connectivity index (χ1) is 13.0. The van der Waals surface area contributed by atoms with E-state index in [0.29, 0.717) is 23.7 Å². The molecule has 4 rings (SSSR count). The molecule has 6 nitrogen and oxygen atoms in total. The Morgan fingerprint density at radius 1 is 1.36 bits per heavy atom. The molecule has 2 N–H and O–H groups in total. The fourth-order valence-corrected chi connectivity index (χ4v) is 6.88. The maximum Gasteiger partial charge on any atom is 0.211 e. The van der Waals surface area contributed by atoms with Crippen LogP contribution in [0.4, 0.5) is 4.39 Å². The van der Waals surface area contributed by atoms with E-state index in [2.05, 4.69) is 10.2 Å². The van der Waals surface area contributed by atoms with Gasteiger partial charge >= 0.3 is 0 Å². The molecule has 2 unspecified atom stereocenters. The van der Waals surface area contributed by atoms with Gasteiger partial charge in [0.2, 0.25) is 10.0 Å². The zero-order valence-corrected chi connectivity index (χ0v) is 17.7. The number of nitrogens with one attached hydrogen (secondary N) is 1. The summed E-state index contributed by atoms with van der Waals surface area (Å²) in [7, 11) is -3.26. The summed E-state index contributed by atoms with van der Waals surface area (Å²) in [6.45, 7) is 3.83. The molecule has 2 fully saturated rings. The number of halogens is 2. The van der Waals surface area contributed by atoms with Crippen LogP contribution in [0.15, 0.2) is 12.3 Å². The SMILES string of the molecule is CC(C)(C(O)c1c(F)c(Cl)cc2cn[nH]c12)[C@H]1CC2CC[C@@H](C1)N2S(C)(=O)=O. The van der Waals surface area contributed by atoms with Gasteiger partial charge in [-0.25, -0.2) is 12.8 Å². The Labute approximate surface area is 169 Å². The average molecular weight is 430 g/mol. The number of benzene rings is 1. The van der Waals surface area contributed by atoms with Gasteiger partial charge in [0.25, 0.3) is 0 Å². The predicted octanol–water partition coefficient (Wildman–Crippen LogP) is 3.62. The second kappa shape index (κ2) is 6.65. The van der Waals surface area contributed by atoms with Crippen molar-refractivity contribution >= 4 is 32.5 Å². The van der Waals surface area contributed by atoms with Gasteiger partial charge in [0.1, 0.15) is 5.82 Å². The molecule has 1 aromatic heterocycles. The molecule has 2 aromatic rings. The van der Waals surface area contributed by atoms with Gasteiger partial charge in [0.05, 0.1) is 29.1 Å². The number of aliphatic hydroxyl groups excluding tert-OH is 1. The summed E-state index contributed by atoms with van der Waals surface area (Å²) in [4.78, 5) is 0. The van der Waals surface area contributed by atoms with Crippen molar-refractivity contribution in [1.82, 2.24) is 14.5 Å². The molecule has 0 spiro atoms. The molecular weight excluding hydrogens is 405 g/mol. The van der Waals surface area contributed by atoms with Crippen LogP contribution in [0, 0.1) is 17.2 Å². The lowest BCUT2D eigenvalue weighted by atomic mass is 9.67. The Morgan fingerprint density at radius 2 is 1.96 bits per heavy atom. The molecule has 4 atom stereocenters. The van der Waals surface area contributed by atoms with Crippen LogP contribution in [0.1, 0.15) is 51.2 Å². The second-order valence-corrected chi connectivity index (χ2v) is 11.1. The van der Waals surface area contributed by atoms with Crippen molar-refractivity contribution in [3.8, 4) is 0 Å². The van der Waals surface area contributed by atoms with Crippen molar-refractivity contribution < 1.29 is 17.9 Å². The number of nitrogens with zero attached hydrogens (tertiary/aromatic N) is 2. The van der Waals surface area contributed by atoms with Crippen LogP contribution in [0.25, 0.3) is 10.9 Å². The molecule has 2 aliphatic rings. The van der Waals surface area contributed by atoms with Gasteiger partial charge in [-0.2, -0.15) is 9.40 Å². The topological polar surface area (TPSA) is 86.3 Å². The first-order valence-electron chi connectivity index (χ1n) is 9.49. The maximum atomic E-state index is 14.9. The summed E-state index contributed by atoms with van der Waals surface area (Å²) >= 11 is 6.05. The lowest BCUT2D eigenvalue weighted by Crippen LogP contribution is -2.49. The molecule has 0 aliphatic carbocycles. The molecule has 0 amide bonds. The molecule has 1 aromatic carbocycles. The number of aromatic amines is 1. The maximum absolute atomic E-state index is 14.9. The smallest absolute Gasteiger partial charge is 0.211 e. The van der Waals surface area contributed by atoms with Gasteiger partial charge in [-0.1, -0.05) is 25.4 Å². The van der Waals surface area contributed by atoms with Gasteiger partial charge in [0.15, 0.2) is 0 Å². The standard InChI is InChI=1S/C19H25ClFN3O3S/c1-19(2,11-7-12-4-5-13(8-11)24(12)28(3,26)27)18(25)15-16(21)14(20)6-10-9-22-23-17(10)15/h6,9,11-13,18,25H,4-5,7-8H2,1-3H3,(H,22,23)/t11-,12+,13?,18?/m1/s1. The Morgan fingerprint density at radius 3 is 2.54 bits per heavy atom. The Bertz CT molecular complexity index is 1010. The third-order valence-electron chi connectivity index (χ3n) is 6.75. The predicted molar refractivity (Wildman–Crippen MR) is 106 cm³/mol. The lowest BCUT2D eigenvalue weighted by molar-refractivity contribution is -0.0238. The zero-order valence-electron chi connectivity index (χ0n) is 16.1. The lowest BCUT2D eigenvalue weighted by Gasteiger charge is -2.46. The minimum Gasteiger partial charge on any atom is -0.388 e. The summed E-state index contributed by atoms with van der Waals surface area (Å²) in [5.74, 6) is -0.593. The normalized spacial score (nSPS) is 27.4. The van der Waals surface area contributed by atoms with E-state index in [1.165, 1.54) is 12.3 Å². The summed E-state index contributed by atoms with van der Waals surface area (Å²) in [5, 5.41) is 18.6. The van der Waals surface area contributed by atoms with E-state index in [0.717, 1.165) is 12.8 Å². The highest BCUT2D eigenvalue weighted by Crippen LogP contribution is 2.52. The minimum absolute atomic E-state index is 0.0503. The number of aromatic nitrogens is 2. The average Bonchev–Trinajstić information content (AvgIpc) is 3.17. The third kappa shape index (κ3) is 3.05. The number of hydrogen-bond donors (Lipinski definition) is 2. The second-order valence-electron chi connectivity index (χ2n) is 8.79. The molecule has 2 saturated heterocycles. The minimum atomic E-state index is -3.26. The Kier molecular flexibility index (Phi) is 4.77. The summed E-state index contributed by atoms with van der Waals surface area (Å²) in [6.07, 6.45) is 4.67. The van der Waals surface area contributed by atoms with E-state index >= 15 is 0 Å². The van der Waals surface area contributed by atoms with Gasteiger partial charge in [-0.3, -0.25) is 5.10 Å². The third-order valence-corrected chi connectivity index (χ3v) is 8.38. The van der Waals surface area contributed by atoms with Crippen molar-refractivity contribution in [3.05, 3.63) is 28.7 Å². The molecule has 0 saturated carbocycles. The van der Waals surface area contributed by atoms with E-state index in [4.69, 9.17) is 11.6 Å². The first kappa shape index (κ1) is 20.1. The van der Waals surface area contributed by atoms with Crippen LogP contribution in [0.2, 0.25) is 5.02 Å². The monoisotopic (exact) mass is 429 g/mol. The number of aliphatic hydroxyl groups is 1. The zero-order chi connectivity index (χ0) is 20.4. The van der Waals surface area contributed by atoms with Gasteiger partial charge in [0, 0.05) is 23.0 Å². The number of piperidine rings is 1. The molecule has 9 heteroatoms. The van der Waals surface area contributed by atoms with Crippen molar-refractivity contribution in [2.24, 2.45) is 11.3 Å². The van der Waals surface area contributed by atoms with Crippen LogP contribution < -0.4 is 0 Å². The molecule has 2 bridgehead atoms. The molecule has 3 heterocycles. The highest BCUT2D eigenvalue weighted by atomic mass is 35.5. The van der Waals surface area contributed by atoms with E-state index in [1.54, 1.807) is 10.5 Å². The van der Waals surface area contributed by atoms with Gasteiger partial charge in [-0.15, -0.1) is 0 Å². The van der Waals surface area contributed by atoms with Gasteiger partial charge < -0.3 is 5.11 Å². The van der Waals surface area contributed by atoms with Crippen LogP contribution in [0.3, 0.4) is 0 Å². The molecule has 0 radical (unpaired) electrons. The summed E-state index contributed by atoms with van der Waals surface area (Å²) in [6, 6.07) is 1.38. The van der Waals surface area contributed by atoms with Crippen molar-refractivity contribution in [2.45, 2.75) is 57.7 Å². The molecule has 154 valence electrons. The van der Waals surface area contributed by atoms with Crippen LogP contribution in [-0.2, 0) is 10.0 Å². The number of fused-ring (bicyclic) bond motifs is 3. The van der Waals surface area contributed by atoms with E-state index in [-0.39, 0.29) is 28.6 Å². The molecular formula is C19H25ClFN3O3S. The quantitative estimate of drug-likeness (QED) is 0.777. The number of rotatable bonds is 4. The highest BCUT2D eigenvalue weighted by Gasteiger charge is 2.50. The van der Waals surface area contributed by atoms with Gasteiger partial charge in [-0.05, 0) is 43.1 Å². The van der Waals surface area contributed by atoms with Crippen LogP contribution in [-0.4, -0.2) is 46.4 Å². The van der Waals surface area contributed by atoms with E-state index < -0.39 is 27.4 Å². The molecule has 2 aliphatic heterocycles. The number of sulfonamides is 1. The van der Waals surface area contributed by atoms with Crippen LogP contribution in [0.5, 0.6) is 0 Å². The Balaban J connectivity index is 1.69. The Hall–Kier alpha value is -1.22.